The van der Waals surface area contributed by atoms with Crippen LogP contribution < -0.4 is 10.1 Å². The van der Waals surface area contributed by atoms with Crippen LogP contribution in [0, 0.1) is 12.8 Å². The Hall–Kier alpha value is -2.15. The summed E-state index contributed by atoms with van der Waals surface area (Å²) >= 11 is 6.26. The molecule has 0 amide bonds. The average molecular weight is 445 g/mol. The number of rotatable bonds is 7. The second-order valence-corrected chi connectivity index (χ2v) is 10.6. The highest BCUT2D eigenvalue weighted by molar-refractivity contribution is 7.91. The van der Waals surface area contributed by atoms with E-state index in [4.69, 9.17) is 21.3 Å². The van der Waals surface area contributed by atoms with Crippen molar-refractivity contribution in [2.24, 2.45) is 5.92 Å². The second-order valence-electron chi connectivity index (χ2n) is 7.93. The molecule has 1 atom stereocenters. The molecule has 1 N–H and O–H groups in total. The van der Waals surface area contributed by atoms with Gasteiger partial charge in [0.25, 0.3) is 0 Å². The van der Waals surface area contributed by atoms with Crippen molar-refractivity contribution in [1.82, 2.24) is 10.3 Å². The topological polar surface area (TPSA) is 68.3 Å². The van der Waals surface area contributed by atoms with Crippen molar-refractivity contribution >= 4 is 32.3 Å². The average Bonchev–Trinajstić information content (AvgIpc) is 3.06. The first-order chi connectivity index (χ1) is 14.4. The number of benzene rings is 2. The van der Waals surface area contributed by atoms with Crippen molar-refractivity contribution < 1.29 is 13.2 Å². The Kier molecular flexibility index (Phi) is 6.27. The summed E-state index contributed by atoms with van der Waals surface area (Å²) in [6, 6.07) is 15.8. The van der Waals surface area contributed by atoms with E-state index in [1.807, 2.05) is 36.4 Å². The Morgan fingerprint density at radius 3 is 2.77 bits per heavy atom. The van der Waals surface area contributed by atoms with Crippen molar-refractivity contribution in [2.45, 2.75) is 26.5 Å². The molecule has 7 heteroatoms. The van der Waals surface area contributed by atoms with E-state index < -0.39 is 9.84 Å². The van der Waals surface area contributed by atoms with Gasteiger partial charge in [-0.25, -0.2) is 13.4 Å². The van der Waals surface area contributed by atoms with Crippen LogP contribution in [0.3, 0.4) is 0 Å². The fourth-order valence-electron chi connectivity index (χ4n) is 3.78. The summed E-state index contributed by atoms with van der Waals surface area (Å²) in [5.74, 6) is 1.30. The zero-order valence-electron chi connectivity index (χ0n) is 16.9. The van der Waals surface area contributed by atoms with E-state index in [1.54, 1.807) is 0 Å². The second kappa shape index (κ2) is 8.92. The molecule has 2 aromatic carbocycles. The standard InChI is InChI=1S/C23H25ClN2O3S/c1-16-6-7-22-19(10-16)11-20(13-25-12-17-8-9-30(27,28)15-17)23(26-22)29-14-18-4-2-3-5-21(18)24/h2-7,10-11,17,25H,8-9,12-15H2,1H3/t17-/m1/s1. The van der Waals surface area contributed by atoms with Crippen LogP contribution in [0.5, 0.6) is 5.88 Å². The van der Waals surface area contributed by atoms with Crippen LogP contribution in [-0.4, -0.2) is 31.5 Å². The first kappa shape index (κ1) is 21.1. The first-order valence-electron chi connectivity index (χ1n) is 10.1. The summed E-state index contributed by atoms with van der Waals surface area (Å²) in [6.07, 6.45) is 0.723. The summed E-state index contributed by atoms with van der Waals surface area (Å²) in [6.45, 7) is 3.61. The normalized spacial score (nSPS) is 18.0. The van der Waals surface area contributed by atoms with Gasteiger partial charge in [-0.05, 0) is 50.1 Å². The smallest absolute Gasteiger partial charge is 0.218 e. The molecule has 0 unspecified atom stereocenters. The lowest BCUT2D eigenvalue weighted by molar-refractivity contribution is 0.290. The maximum atomic E-state index is 11.7. The predicted molar refractivity (Wildman–Crippen MR) is 121 cm³/mol. The minimum absolute atomic E-state index is 0.165. The number of nitrogens with zero attached hydrogens (tertiary/aromatic N) is 1. The number of sulfone groups is 1. The van der Waals surface area contributed by atoms with Crippen LogP contribution in [0.1, 0.15) is 23.1 Å². The van der Waals surface area contributed by atoms with E-state index in [0.717, 1.165) is 28.5 Å². The van der Waals surface area contributed by atoms with Gasteiger partial charge in [0, 0.05) is 28.1 Å². The third-order valence-electron chi connectivity index (χ3n) is 5.41. The number of hydrogen-bond acceptors (Lipinski definition) is 5. The summed E-state index contributed by atoms with van der Waals surface area (Å²) in [5.41, 5.74) is 3.89. The highest BCUT2D eigenvalue weighted by Gasteiger charge is 2.27. The van der Waals surface area contributed by atoms with E-state index in [2.05, 4.69) is 24.4 Å². The number of fused-ring (bicyclic) bond motifs is 1. The highest BCUT2D eigenvalue weighted by Crippen LogP contribution is 2.26. The Morgan fingerprint density at radius 2 is 2.00 bits per heavy atom. The molecule has 4 rings (SSSR count). The van der Waals surface area contributed by atoms with E-state index >= 15 is 0 Å². The van der Waals surface area contributed by atoms with Crippen molar-refractivity contribution in [3.8, 4) is 5.88 Å². The fraction of sp³-hybridized carbons (Fsp3) is 0.348. The van der Waals surface area contributed by atoms with E-state index in [0.29, 0.717) is 36.4 Å². The zero-order valence-corrected chi connectivity index (χ0v) is 18.5. The Morgan fingerprint density at radius 1 is 1.17 bits per heavy atom. The molecule has 1 saturated heterocycles. The van der Waals surface area contributed by atoms with Crippen LogP contribution in [0.4, 0.5) is 0 Å². The van der Waals surface area contributed by atoms with Crippen molar-refractivity contribution in [3.63, 3.8) is 0 Å². The molecule has 0 aliphatic carbocycles. The van der Waals surface area contributed by atoms with Crippen LogP contribution in [0.2, 0.25) is 5.02 Å². The molecule has 1 aromatic heterocycles. The van der Waals surface area contributed by atoms with Gasteiger partial charge < -0.3 is 10.1 Å². The number of aryl methyl sites for hydroxylation is 1. The fourth-order valence-corrected chi connectivity index (χ4v) is 5.83. The van der Waals surface area contributed by atoms with Gasteiger partial charge in [0.15, 0.2) is 9.84 Å². The molecule has 1 aliphatic rings. The molecule has 0 saturated carbocycles. The lowest BCUT2D eigenvalue weighted by Gasteiger charge is -2.15. The van der Waals surface area contributed by atoms with Gasteiger partial charge >= 0.3 is 0 Å². The number of halogens is 1. The van der Waals surface area contributed by atoms with E-state index in [1.165, 1.54) is 5.56 Å². The third kappa shape index (κ3) is 5.12. The van der Waals surface area contributed by atoms with Crippen molar-refractivity contribution in [1.29, 1.82) is 0 Å². The summed E-state index contributed by atoms with van der Waals surface area (Å²) < 4.78 is 29.4. The molecule has 30 heavy (non-hydrogen) atoms. The summed E-state index contributed by atoms with van der Waals surface area (Å²) in [4.78, 5) is 4.73. The minimum atomic E-state index is -2.87. The Labute approximate surface area is 182 Å². The third-order valence-corrected chi connectivity index (χ3v) is 7.61. The molecular weight excluding hydrogens is 420 g/mol. The largest absolute Gasteiger partial charge is 0.472 e. The molecule has 0 bridgehead atoms. The molecule has 1 fully saturated rings. The van der Waals surface area contributed by atoms with Gasteiger partial charge in [0.05, 0.1) is 17.0 Å². The monoisotopic (exact) mass is 444 g/mol. The van der Waals surface area contributed by atoms with E-state index in [-0.39, 0.29) is 11.7 Å². The van der Waals surface area contributed by atoms with Crippen LogP contribution in [-0.2, 0) is 23.0 Å². The molecule has 2 heterocycles. The van der Waals surface area contributed by atoms with Gasteiger partial charge in [-0.15, -0.1) is 0 Å². The van der Waals surface area contributed by atoms with Gasteiger partial charge in [-0.2, -0.15) is 0 Å². The van der Waals surface area contributed by atoms with Crippen molar-refractivity contribution in [3.05, 3.63) is 70.2 Å². The molecule has 1 aliphatic heterocycles. The minimum Gasteiger partial charge on any atom is -0.472 e. The van der Waals surface area contributed by atoms with Gasteiger partial charge in [-0.3, -0.25) is 0 Å². The summed E-state index contributed by atoms with van der Waals surface area (Å²) in [5, 5.41) is 5.12. The summed E-state index contributed by atoms with van der Waals surface area (Å²) in [7, 11) is -2.87. The SMILES string of the molecule is Cc1ccc2nc(OCc3ccccc3Cl)c(CNC[C@H]3CCS(=O)(=O)C3)cc2c1. The van der Waals surface area contributed by atoms with Gasteiger partial charge in [0.2, 0.25) is 5.88 Å². The lowest BCUT2D eigenvalue weighted by atomic mass is 10.1. The predicted octanol–water partition coefficient (Wildman–Crippen LogP) is 4.30. The first-order valence-corrected chi connectivity index (χ1v) is 12.3. The van der Waals surface area contributed by atoms with Crippen LogP contribution in [0.15, 0.2) is 48.5 Å². The maximum Gasteiger partial charge on any atom is 0.218 e. The number of hydrogen-bond donors (Lipinski definition) is 1. The van der Waals surface area contributed by atoms with Gasteiger partial charge in [-0.1, -0.05) is 41.4 Å². The number of nitrogens with one attached hydrogen (secondary N) is 1. The number of pyridine rings is 1. The molecule has 0 radical (unpaired) electrons. The van der Waals surface area contributed by atoms with Crippen LogP contribution >= 0.6 is 11.6 Å². The lowest BCUT2D eigenvalue weighted by Crippen LogP contribution is -2.23. The molecule has 5 nitrogen and oxygen atoms in total. The van der Waals surface area contributed by atoms with Gasteiger partial charge in [0.1, 0.15) is 6.61 Å². The molecule has 3 aromatic rings. The van der Waals surface area contributed by atoms with Crippen LogP contribution in [0.25, 0.3) is 10.9 Å². The zero-order chi connectivity index (χ0) is 21.1. The molecule has 158 valence electrons. The number of ether oxygens (including phenoxy) is 1. The quantitative estimate of drug-likeness (QED) is 0.588. The molecule has 0 spiro atoms. The van der Waals surface area contributed by atoms with Crippen molar-refractivity contribution in [2.75, 3.05) is 18.1 Å². The Balaban J connectivity index is 1.52. The Bertz CT molecular complexity index is 1160. The number of aromatic nitrogens is 1. The maximum absolute atomic E-state index is 11.7. The molecular formula is C23H25ClN2O3S. The highest BCUT2D eigenvalue weighted by atomic mass is 35.5. The van der Waals surface area contributed by atoms with E-state index in [9.17, 15) is 8.42 Å².